The van der Waals surface area contributed by atoms with Gasteiger partial charge in [0.05, 0.1) is 18.1 Å². The Morgan fingerprint density at radius 2 is 1.59 bits per heavy atom. The Kier molecular flexibility index (Phi) is 9.67. The van der Waals surface area contributed by atoms with Gasteiger partial charge in [-0.25, -0.2) is 4.79 Å². The van der Waals surface area contributed by atoms with Crippen LogP contribution in [0.1, 0.15) is 78.2 Å². The first-order valence-corrected chi connectivity index (χ1v) is 13.6. The number of hydrogen-bond acceptors (Lipinski definition) is 6. The SMILES string of the molecule is CC(C)COc1ccc(C(C(=O)N2CCN(C(=O)OC(C)(C)C)CC2)C2(O)CCCCC2)c(OC(F)(F)F)c1. The molecule has 0 aromatic heterocycles. The van der Waals surface area contributed by atoms with E-state index < -0.39 is 41.2 Å². The lowest BCUT2D eigenvalue weighted by molar-refractivity contribution is -0.275. The van der Waals surface area contributed by atoms with Crippen LogP contribution in [0.4, 0.5) is 18.0 Å². The van der Waals surface area contributed by atoms with Gasteiger partial charge < -0.3 is 29.1 Å². The minimum Gasteiger partial charge on any atom is -0.493 e. The number of halogens is 3. The van der Waals surface area contributed by atoms with Crippen molar-refractivity contribution in [2.24, 2.45) is 5.92 Å². The summed E-state index contributed by atoms with van der Waals surface area (Å²) in [6, 6.07) is 4.04. The summed E-state index contributed by atoms with van der Waals surface area (Å²) < 4.78 is 55.9. The van der Waals surface area contributed by atoms with E-state index in [-0.39, 0.29) is 56.3 Å². The van der Waals surface area contributed by atoms with Crippen molar-refractivity contribution >= 4 is 12.0 Å². The van der Waals surface area contributed by atoms with E-state index in [1.807, 2.05) is 13.8 Å². The fourth-order valence-electron chi connectivity index (χ4n) is 5.04. The summed E-state index contributed by atoms with van der Waals surface area (Å²) in [5.41, 5.74) is -2.24. The molecule has 1 aromatic carbocycles. The summed E-state index contributed by atoms with van der Waals surface area (Å²) in [4.78, 5) is 29.5. The van der Waals surface area contributed by atoms with Crippen molar-refractivity contribution in [3.05, 3.63) is 23.8 Å². The van der Waals surface area contributed by atoms with E-state index >= 15 is 0 Å². The number of alkyl halides is 3. The zero-order chi connectivity index (χ0) is 29.0. The number of aliphatic hydroxyl groups is 1. The molecule has 0 radical (unpaired) electrons. The maximum Gasteiger partial charge on any atom is 0.573 e. The minimum absolute atomic E-state index is 0.0341. The average Bonchev–Trinajstić information content (AvgIpc) is 2.82. The first-order valence-electron chi connectivity index (χ1n) is 13.6. The van der Waals surface area contributed by atoms with Gasteiger partial charge >= 0.3 is 12.5 Å². The van der Waals surface area contributed by atoms with Gasteiger partial charge in [0.1, 0.15) is 17.1 Å². The molecule has 1 aliphatic carbocycles. The molecule has 8 nitrogen and oxygen atoms in total. The second kappa shape index (κ2) is 12.2. The molecule has 220 valence electrons. The number of carbonyl (C=O) groups excluding carboxylic acids is 2. The molecular weight excluding hydrogens is 517 g/mol. The molecule has 0 bridgehead atoms. The number of ether oxygens (including phenoxy) is 3. The highest BCUT2D eigenvalue weighted by Crippen LogP contribution is 2.45. The molecule has 1 atom stereocenters. The van der Waals surface area contributed by atoms with Crippen LogP contribution in [0.15, 0.2) is 18.2 Å². The fraction of sp³-hybridized carbons (Fsp3) is 0.714. The highest BCUT2D eigenvalue weighted by molar-refractivity contribution is 5.86. The minimum atomic E-state index is -5.01. The Morgan fingerprint density at radius 1 is 1.00 bits per heavy atom. The Hall–Kier alpha value is -2.69. The second-order valence-electron chi connectivity index (χ2n) is 11.8. The van der Waals surface area contributed by atoms with Gasteiger partial charge in [0.15, 0.2) is 0 Å². The van der Waals surface area contributed by atoms with Crippen LogP contribution in [0, 0.1) is 5.92 Å². The van der Waals surface area contributed by atoms with Crippen molar-refractivity contribution in [2.75, 3.05) is 32.8 Å². The van der Waals surface area contributed by atoms with Crippen LogP contribution in [0.5, 0.6) is 11.5 Å². The Balaban J connectivity index is 1.92. The van der Waals surface area contributed by atoms with E-state index in [9.17, 15) is 27.9 Å². The normalized spacial score (nSPS) is 19.0. The molecule has 1 heterocycles. The van der Waals surface area contributed by atoms with Crippen molar-refractivity contribution in [3.8, 4) is 11.5 Å². The van der Waals surface area contributed by atoms with Crippen molar-refractivity contribution < 1.29 is 42.1 Å². The average molecular weight is 559 g/mol. The summed E-state index contributed by atoms with van der Waals surface area (Å²) in [5, 5.41) is 11.7. The van der Waals surface area contributed by atoms with Gasteiger partial charge in [0.25, 0.3) is 0 Å². The molecule has 2 aliphatic rings. The van der Waals surface area contributed by atoms with Gasteiger partial charge in [0, 0.05) is 37.8 Å². The Bertz CT molecular complexity index is 994. The number of rotatable bonds is 7. The molecular formula is C28H41F3N2O6. The van der Waals surface area contributed by atoms with Crippen molar-refractivity contribution in [2.45, 2.75) is 90.2 Å². The van der Waals surface area contributed by atoms with Crippen molar-refractivity contribution in [1.29, 1.82) is 0 Å². The standard InChI is InChI=1S/C28H41F3N2O6/c1-19(2)18-37-20-9-10-21(22(17-20)38-28(29,30)31)23(27(36)11-7-6-8-12-27)24(34)32-13-15-33(16-14-32)25(35)39-26(3,4)5/h9-10,17,19,23,36H,6-8,11-16,18H2,1-5H3. The Labute approximate surface area is 228 Å². The number of hydrogen-bond donors (Lipinski definition) is 1. The van der Waals surface area contributed by atoms with Crippen LogP contribution in [-0.4, -0.2) is 77.3 Å². The quantitative estimate of drug-likeness (QED) is 0.477. The summed E-state index contributed by atoms with van der Waals surface area (Å²) in [6.07, 6.45) is -2.78. The van der Waals surface area contributed by atoms with Gasteiger partial charge in [-0.1, -0.05) is 39.2 Å². The van der Waals surface area contributed by atoms with E-state index in [4.69, 9.17) is 9.47 Å². The van der Waals surface area contributed by atoms with Gasteiger partial charge in [-0.3, -0.25) is 4.79 Å². The maximum absolute atomic E-state index is 14.0. The van der Waals surface area contributed by atoms with E-state index in [0.717, 1.165) is 12.5 Å². The summed E-state index contributed by atoms with van der Waals surface area (Å²) in [7, 11) is 0. The fourth-order valence-corrected chi connectivity index (χ4v) is 5.04. The van der Waals surface area contributed by atoms with Gasteiger partial charge in [-0.15, -0.1) is 13.2 Å². The second-order valence-corrected chi connectivity index (χ2v) is 11.8. The third-order valence-electron chi connectivity index (χ3n) is 6.85. The van der Waals surface area contributed by atoms with Crippen molar-refractivity contribution in [1.82, 2.24) is 9.80 Å². The summed E-state index contributed by atoms with van der Waals surface area (Å²) >= 11 is 0. The van der Waals surface area contributed by atoms with Crippen LogP contribution in [0.25, 0.3) is 0 Å². The molecule has 1 saturated heterocycles. The molecule has 39 heavy (non-hydrogen) atoms. The molecule has 1 saturated carbocycles. The number of amides is 2. The lowest BCUT2D eigenvalue weighted by Gasteiger charge is -2.43. The zero-order valence-electron chi connectivity index (χ0n) is 23.5. The topological polar surface area (TPSA) is 88.5 Å². The molecule has 2 amide bonds. The number of carbonyl (C=O) groups is 2. The Morgan fingerprint density at radius 3 is 2.13 bits per heavy atom. The smallest absolute Gasteiger partial charge is 0.493 e. The predicted molar refractivity (Wildman–Crippen MR) is 139 cm³/mol. The highest BCUT2D eigenvalue weighted by Gasteiger charge is 2.47. The first-order chi connectivity index (χ1) is 18.1. The van der Waals surface area contributed by atoms with E-state index in [1.165, 1.54) is 21.9 Å². The van der Waals surface area contributed by atoms with Gasteiger partial charge in [0.2, 0.25) is 5.91 Å². The van der Waals surface area contributed by atoms with E-state index in [0.29, 0.717) is 19.4 Å². The maximum atomic E-state index is 14.0. The molecule has 3 rings (SSSR count). The predicted octanol–water partition coefficient (Wildman–Crippen LogP) is 5.48. The van der Waals surface area contributed by atoms with Crippen LogP contribution < -0.4 is 9.47 Å². The van der Waals surface area contributed by atoms with E-state index in [2.05, 4.69) is 4.74 Å². The van der Waals surface area contributed by atoms with Gasteiger partial charge in [-0.2, -0.15) is 0 Å². The number of nitrogens with zero attached hydrogens (tertiary/aromatic N) is 2. The lowest BCUT2D eigenvalue weighted by atomic mass is 9.72. The zero-order valence-corrected chi connectivity index (χ0v) is 23.5. The van der Waals surface area contributed by atoms with Crippen LogP contribution >= 0.6 is 0 Å². The van der Waals surface area contributed by atoms with Crippen LogP contribution in [0.3, 0.4) is 0 Å². The number of benzene rings is 1. The largest absolute Gasteiger partial charge is 0.573 e. The molecule has 1 aliphatic heterocycles. The third-order valence-corrected chi connectivity index (χ3v) is 6.85. The summed E-state index contributed by atoms with van der Waals surface area (Å²) in [6.45, 7) is 10.2. The molecule has 1 N–H and O–H groups in total. The molecule has 11 heteroatoms. The number of piperazine rings is 1. The van der Waals surface area contributed by atoms with E-state index in [1.54, 1.807) is 20.8 Å². The molecule has 1 unspecified atom stereocenters. The lowest BCUT2D eigenvalue weighted by Crippen LogP contribution is -2.55. The van der Waals surface area contributed by atoms with Crippen LogP contribution in [0.2, 0.25) is 0 Å². The van der Waals surface area contributed by atoms with Crippen molar-refractivity contribution in [3.63, 3.8) is 0 Å². The summed E-state index contributed by atoms with van der Waals surface area (Å²) in [5.74, 6) is -2.00. The monoisotopic (exact) mass is 558 g/mol. The molecule has 2 fully saturated rings. The first kappa shape index (κ1) is 30.8. The van der Waals surface area contributed by atoms with Crippen LogP contribution in [-0.2, 0) is 9.53 Å². The third kappa shape index (κ3) is 8.65. The highest BCUT2D eigenvalue weighted by atomic mass is 19.4. The molecule has 0 spiro atoms. The van der Waals surface area contributed by atoms with Gasteiger partial charge in [-0.05, 0) is 45.6 Å². The molecule has 1 aromatic rings.